The number of nitrogens with one attached hydrogen (secondary N) is 1. The van der Waals surface area contributed by atoms with Crippen molar-refractivity contribution in [3.8, 4) is 12.1 Å². The Hall–Kier alpha value is -3.37. The molecule has 4 nitrogen and oxygen atoms in total. The number of hydrogen-bond acceptors (Lipinski definition) is 4. The summed E-state index contributed by atoms with van der Waals surface area (Å²) in [7, 11) is 0. The third-order valence-electron chi connectivity index (χ3n) is 3.15. The number of para-hydroxylation sites is 2. The van der Waals surface area contributed by atoms with Crippen LogP contribution in [0.4, 0.5) is 11.4 Å². The smallest absolute Gasteiger partial charge is 0.155 e. The van der Waals surface area contributed by atoms with Gasteiger partial charge >= 0.3 is 0 Å². The van der Waals surface area contributed by atoms with E-state index >= 15 is 0 Å². The Morgan fingerprint density at radius 2 is 1.57 bits per heavy atom. The molecule has 21 heavy (non-hydrogen) atoms. The van der Waals surface area contributed by atoms with Crippen molar-refractivity contribution >= 4 is 17.1 Å². The number of anilines is 1. The van der Waals surface area contributed by atoms with Crippen LogP contribution in [0.5, 0.6) is 0 Å². The summed E-state index contributed by atoms with van der Waals surface area (Å²) in [4.78, 5) is 4.59. The first-order valence-electron chi connectivity index (χ1n) is 6.38. The number of fused-ring (bicyclic) bond motifs is 1. The van der Waals surface area contributed by atoms with Crippen molar-refractivity contribution < 1.29 is 0 Å². The van der Waals surface area contributed by atoms with E-state index in [9.17, 15) is 0 Å². The zero-order valence-corrected chi connectivity index (χ0v) is 11.0. The van der Waals surface area contributed by atoms with E-state index in [4.69, 9.17) is 10.5 Å². The molecule has 3 rings (SSSR count). The van der Waals surface area contributed by atoms with Gasteiger partial charge in [-0.3, -0.25) is 0 Å². The molecule has 1 N–H and O–H groups in total. The minimum atomic E-state index is 0.0286. The lowest BCUT2D eigenvalue weighted by molar-refractivity contribution is 1.42. The van der Waals surface area contributed by atoms with Gasteiger partial charge in [-0.15, -0.1) is 0 Å². The standard InChI is InChI=1S/C17H10N4/c18-10-12(11-19)16-17(20-13-6-2-1-3-7-13)14-8-4-5-9-15(14)21-16/h1-9,21H. The monoisotopic (exact) mass is 270 g/mol. The Bertz CT molecular complexity index is 817. The van der Waals surface area contributed by atoms with Gasteiger partial charge in [-0.2, -0.15) is 10.5 Å². The summed E-state index contributed by atoms with van der Waals surface area (Å²) in [6, 6.07) is 20.9. The Morgan fingerprint density at radius 3 is 2.29 bits per heavy atom. The van der Waals surface area contributed by atoms with Gasteiger partial charge < -0.3 is 5.32 Å². The van der Waals surface area contributed by atoms with Gasteiger partial charge in [0.25, 0.3) is 0 Å². The lowest BCUT2D eigenvalue weighted by Crippen LogP contribution is -2.05. The lowest BCUT2D eigenvalue weighted by atomic mass is 10.1. The number of hydrogen-bond donors (Lipinski definition) is 1. The van der Waals surface area contributed by atoms with Crippen LogP contribution >= 0.6 is 0 Å². The van der Waals surface area contributed by atoms with E-state index in [2.05, 4.69) is 10.3 Å². The van der Waals surface area contributed by atoms with Gasteiger partial charge in [-0.1, -0.05) is 36.4 Å². The SMILES string of the molecule is N#CC(C#N)=C1Nc2ccccc2C1=Nc1ccccc1. The first kappa shape index (κ1) is 12.7. The van der Waals surface area contributed by atoms with Crippen LogP contribution in [-0.2, 0) is 0 Å². The molecule has 0 aliphatic carbocycles. The van der Waals surface area contributed by atoms with Crippen molar-refractivity contribution in [3.63, 3.8) is 0 Å². The van der Waals surface area contributed by atoms with Gasteiger partial charge in [0, 0.05) is 11.3 Å². The van der Waals surface area contributed by atoms with Gasteiger partial charge in [0.15, 0.2) is 5.57 Å². The first-order chi connectivity index (χ1) is 10.3. The second kappa shape index (κ2) is 5.32. The summed E-state index contributed by atoms with van der Waals surface area (Å²) in [6.45, 7) is 0. The number of benzene rings is 2. The Kier molecular flexibility index (Phi) is 3.21. The van der Waals surface area contributed by atoms with E-state index < -0.39 is 0 Å². The molecule has 0 amide bonds. The second-order valence-corrected chi connectivity index (χ2v) is 4.44. The van der Waals surface area contributed by atoms with Crippen molar-refractivity contribution in [1.29, 1.82) is 10.5 Å². The molecule has 0 radical (unpaired) electrons. The van der Waals surface area contributed by atoms with E-state index in [0.717, 1.165) is 16.9 Å². The van der Waals surface area contributed by atoms with E-state index in [-0.39, 0.29) is 5.57 Å². The first-order valence-corrected chi connectivity index (χ1v) is 6.38. The largest absolute Gasteiger partial charge is 0.351 e. The van der Waals surface area contributed by atoms with E-state index in [1.807, 2.05) is 66.7 Å². The molecule has 0 unspecified atom stereocenters. The quantitative estimate of drug-likeness (QED) is 0.805. The fourth-order valence-corrected chi connectivity index (χ4v) is 2.19. The summed E-state index contributed by atoms with van der Waals surface area (Å²) in [5, 5.41) is 21.4. The van der Waals surface area contributed by atoms with Crippen LogP contribution in [0.2, 0.25) is 0 Å². The maximum Gasteiger partial charge on any atom is 0.155 e. The van der Waals surface area contributed by atoms with Gasteiger partial charge in [-0.25, -0.2) is 4.99 Å². The molecule has 1 heterocycles. The fraction of sp³-hybridized carbons (Fsp3) is 0. The Morgan fingerprint density at radius 1 is 0.905 bits per heavy atom. The van der Waals surface area contributed by atoms with Gasteiger partial charge in [-0.05, 0) is 18.2 Å². The van der Waals surface area contributed by atoms with Crippen molar-refractivity contribution in [2.45, 2.75) is 0 Å². The molecule has 1 aliphatic rings. The van der Waals surface area contributed by atoms with E-state index in [0.29, 0.717) is 11.4 Å². The molecule has 4 heteroatoms. The van der Waals surface area contributed by atoms with Crippen LogP contribution < -0.4 is 5.32 Å². The van der Waals surface area contributed by atoms with Crippen molar-refractivity contribution in [3.05, 3.63) is 71.4 Å². The lowest BCUT2D eigenvalue weighted by Gasteiger charge is -2.01. The highest BCUT2D eigenvalue weighted by atomic mass is 15.0. The zero-order valence-electron chi connectivity index (χ0n) is 11.0. The molecule has 0 fully saturated rings. The van der Waals surface area contributed by atoms with Crippen LogP contribution in [-0.4, -0.2) is 5.71 Å². The molecule has 0 aromatic heterocycles. The molecule has 0 saturated heterocycles. The minimum absolute atomic E-state index is 0.0286. The van der Waals surface area contributed by atoms with Crippen LogP contribution in [0.1, 0.15) is 5.56 Å². The highest BCUT2D eigenvalue weighted by Gasteiger charge is 2.25. The Balaban J connectivity index is 2.23. The van der Waals surface area contributed by atoms with Gasteiger partial charge in [0.05, 0.1) is 17.1 Å². The molecule has 0 bridgehead atoms. The zero-order chi connectivity index (χ0) is 14.7. The number of nitriles is 2. The molecular formula is C17H10N4. The minimum Gasteiger partial charge on any atom is -0.351 e. The van der Waals surface area contributed by atoms with Crippen LogP contribution in [0.25, 0.3) is 0 Å². The highest BCUT2D eigenvalue weighted by Crippen LogP contribution is 2.31. The number of aliphatic imine (C=N–C) groups is 1. The maximum absolute atomic E-state index is 9.12. The predicted molar refractivity (Wildman–Crippen MR) is 81.0 cm³/mol. The van der Waals surface area contributed by atoms with Crippen molar-refractivity contribution in [1.82, 2.24) is 0 Å². The van der Waals surface area contributed by atoms with Crippen LogP contribution in [0.15, 0.2) is 70.9 Å². The summed E-state index contributed by atoms with van der Waals surface area (Å²) in [6.07, 6.45) is 0. The van der Waals surface area contributed by atoms with Crippen LogP contribution in [0.3, 0.4) is 0 Å². The van der Waals surface area contributed by atoms with Gasteiger partial charge in [0.1, 0.15) is 12.1 Å². The molecule has 0 atom stereocenters. The molecule has 1 aliphatic heterocycles. The highest BCUT2D eigenvalue weighted by molar-refractivity contribution is 6.23. The molecule has 98 valence electrons. The Labute approximate surface area is 122 Å². The summed E-state index contributed by atoms with van der Waals surface area (Å²) < 4.78 is 0. The number of allylic oxidation sites excluding steroid dienone is 2. The van der Waals surface area contributed by atoms with E-state index in [1.165, 1.54) is 0 Å². The molecule has 2 aromatic rings. The molecule has 2 aromatic carbocycles. The molecule has 0 spiro atoms. The summed E-state index contributed by atoms with van der Waals surface area (Å²) in [5.74, 6) is 0. The summed E-state index contributed by atoms with van der Waals surface area (Å²) in [5.41, 5.74) is 3.63. The third kappa shape index (κ3) is 2.27. The average molecular weight is 270 g/mol. The number of nitrogens with zero attached hydrogens (tertiary/aromatic N) is 3. The van der Waals surface area contributed by atoms with Gasteiger partial charge in [0.2, 0.25) is 0 Å². The fourth-order valence-electron chi connectivity index (χ4n) is 2.19. The van der Waals surface area contributed by atoms with Crippen molar-refractivity contribution in [2.24, 2.45) is 4.99 Å². The van der Waals surface area contributed by atoms with E-state index in [1.54, 1.807) is 0 Å². The molecular weight excluding hydrogens is 260 g/mol. The maximum atomic E-state index is 9.12. The predicted octanol–water partition coefficient (Wildman–Crippen LogP) is 3.53. The topological polar surface area (TPSA) is 72.0 Å². The number of rotatable bonds is 1. The summed E-state index contributed by atoms with van der Waals surface area (Å²) >= 11 is 0. The average Bonchev–Trinajstić information content (AvgIpc) is 2.89. The third-order valence-corrected chi connectivity index (χ3v) is 3.15. The van der Waals surface area contributed by atoms with Crippen LogP contribution in [0, 0.1) is 22.7 Å². The second-order valence-electron chi connectivity index (χ2n) is 4.44. The molecule has 0 saturated carbocycles. The normalized spacial score (nSPS) is 14.0. The van der Waals surface area contributed by atoms with Crippen molar-refractivity contribution in [2.75, 3.05) is 5.32 Å².